The van der Waals surface area contributed by atoms with Gasteiger partial charge in [-0.2, -0.15) is 0 Å². The predicted molar refractivity (Wildman–Crippen MR) is 31.9 cm³/mol. The Hall–Kier alpha value is -0.130. The summed E-state index contributed by atoms with van der Waals surface area (Å²) in [5, 5.41) is 0. The molecule has 0 heteroatoms. The van der Waals surface area contributed by atoms with Crippen molar-refractivity contribution in [2.75, 3.05) is 0 Å². The van der Waals surface area contributed by atoms with Crippen molar-refractivity contribution in [2.24, 2.45) is 11.8 Å². The minimum absolute atomic E-state index is 0.991. The first-order valence-electron chi connectivity index (χ1n) is 3.18. The molecule has 0 nitrogen and oxygen atoms in total. The molecule has 0 saturated heterocycles. The average molecular weight is 97.2 g/mol. The summed E-state index contributed by atoms with van der Waals surface area (Å²) in [6.45, 7) is 4.44. The molecule has 0 aromatic carbocycles. The first kappa shape index (κ1) is 5.02. The Morgan fingerprint density at radius 3 is 2.57 bits per heavy atom. The molecule has 0 bridgehead atoms. The lowest BCUT2D eigenvalue weighted by atomic mass is 10.2. The third-order valence-electron chi connectivity index (χ3n) is 1.93. The molecule has 0 aliphatic heterocycles. The zero-order valence-corrected chi connectivity index (χ0v) is 5.15. The van der Waals surface area contributed by atoms with E-state index in [2.05, 4.69) is 20.3 Å². The molecule has 1 fully saturated rings. The largest absolute Gasteiger partial charge is 0.101 e. The van der Waals surface area contributed by atoms with Gasteiger partial charge in [-0.1, -0.05) is 6.92 Å². The van der Waals surface area contributed by atoms with Crippen LogP contribution in [0.2, 0.25) is 0 Å². The van der Waals surface area contributed by atoms with E-state index in [1.807, 2.05) is 0 Å². The van der Waals surface area contributed by atoms with Gasteiger partial charge in [-0.3, -0.25) is 0 Å². The normalized spacial score (nSPS) is 38.0. The SMILES string of the molecule is C[CH+]C1CC1CC. The van der Waals surface area contributed by atoms with Gasteiger partial charge in [-0.05, 0) is 12.8 Å². The molecule has 7 heavy (non-hydrogen) atoms. The summed E-state index contributed by atoms with van der Waals surface area (Å²) in [7, 11) is 0. The second-order valence-corrected chi connectivity index (χ2v) is 2.40. The third kappa shape index (κ3) is 0.902. The summed E-state index contributed by atoms with van der Waals surface area (Å²) in [4.78, 5) is 0. The lowest BCUT2D eigenvalue weighted by Crippen LogP contribution is -1.75. The van der Waals surface area contributed by atoms with Gasteiger partial charge in [0.15, 0.2) is 0 Å². The second-order valence-electron chi connectivity index (χ2n) is 2.40. The number of hydrogen-bond acceptors (Lipinski definition) is 0. The summed E-state index contributed by atoms with van der Waals surface area (Å²) in [5.74, 6) is 2.05. The highest BCUT2D eigenvalue weighted by Gasteiger charge is 2.40. The van der Waals surface area contributed by atoms with Crippen LogP contribution in [0.4, 0.5) is 0 Å². The van der Waals surface area contributed by atoms with E-state index in [0.717, 1.165) is 11.8 Å². The van der Waals surface area contributed by atoms with E-state index in [4.69, 9.17) is 0 Å². The maximum Gasteiger partial charge on any atom is 0.101 e. The molecule has 1 saturated carbocycles. The van der Waals surface area contributed by atoms with Crippen molar-refractivity contribution in [1.29, 1.82) is 0 Å². The van der Waals surface area contributed by atoms with Gasteiger partial charge in [-0.15, -0.1) is 0 Å². The highest BCUT2D eigenvalue weighted by atomic mass is 14.4. The smallest absolute Gasteiger partial charge is 0.0649 e. The summed E-state index contributed by atoms with van der Waals surface area (Å²) < 4.78 is 0. The molecule has 1 rings (SSSR count). The Morgan fingerprint density at radius 1 is 1.71 bits per heavy atom. The van der Waals surface area contributed by atoms with Crippen molar-refractivity contribution < 1.29 is 0 Å². The lowest BCUT2D eigenvalue weighted by Gasteiger charge is -1.78. The topological polar surface area (TPSA) is 0 Å². The van der Waals surface area contributed by atoms with Gasteiger partial charge in [0.05, 0.1) is 13.3 Å². The van der Waals surface area contributed by atoms with Crippen LogP contribution < -0.4 is 0 Å². The molecule has 0 radical (unpaired) electrons. The Labute approximate surface area is 45.9 Å². The Bertz CT molecular complexity index is 49.1. The van der Waals surface area contributed by atoms with Crippen LogP contribution in [-0.2, 0) is 0 Å². The predicted octanol–water partition coefficient (Wildman–Crippen LogP) is 2.26. The highest BCUT2D eigenvalue weighted by molar-refractivity contribution is 4.92. The quantitative estimate of drug-likeness (QED) is 0.464. The van der Waals surface area contributed by atoms with Gasteiger partial charge in [0.2, 0.25) is 0 Å². The molecular formula is C7H13+. The van der Waals surface area contributed by atoms with Crippen LogP contribution in [0, 0.1) is 18.3 Å². The number of hydrogen-bond donors (Lipinski definition) is 0. The van der Waals surface area contributed by atoms with Crippen molar-refractivity contribution in [2.45, 2.75) is 26.7 Å². The molecule has 0 amide bonds. The highest BCUT2D eigenvalue weighted by Crippen LogP contribution is 2.42. The van der Waals surface area contributed by atoms with Crippen LogP contribution in [-0.4, -0.2) is 0 Å². The van der Waals surface area contributed by atoms with Crippen LogP contribution in [0.5, 0.6) is 0 Å². The van der Waals surface area contributed by atoms with Crippen molar-refractivity contribution in [3.63, 3.8) is 0 Å². The first-order chi connectivity index (χ1) is 3.38. The molecule has 2 unspecified atom stereocenters. The molecule has 0 aromatic heterocycles. The van der Waals surface area contributed by atoms with Crippen molar-refractivity contribution in [3.8, 4) is 0 Å². The van der Waals surface area contributed by atoms with Crippen molar-refractivity contribution >= 4 is 0 Å². The molecule has 40 valence electrons. The maximum absolute atomic E-state index is 2.33. The average Bonchev–Trinajstić information content (AvgIpc) is 2.43. The van der Waals surface area contributed by atoms with Gasteiger partial charge in [0, 0.05) is 5.92 Å². The fourth-order valence-electron chi connectivity index (χ4n) is 1.15. The van der Waals surface area contributed by atoms with Crippen LogP contribution >= 0.6 is 0 Å². The van der Waals surface area contributed by atoms with Crippen molar-refractivity contribution in [1.82, 2.24) is 0 Å². The van der Waals surface area contributed by atoms with E-state index >= 15 is 0 Å². The standard InChI is InChI=1S/C7H13/c1-3-6-5-7(6)4-2/h3,6-7H,4-5H2,1-2H3/q+1. The zero-order valence-electron chi connectivity index (χ0n) is 5.15. The summed E-state index contributed by atoms with van der Waals surface area (Å²) in [6, 6.07) is 0. The van der Waals surface area contributed by atoms with Gasteiger partial charge >= 0.3 is 0 Å². The Balaban J connectivity index is 2.06. The van der Waals surface area contributed by atoms with E-state index < -0.39 is 0 Å². The monoisotopic (exact) mass is 97.1 g/mol. The molecule has 1 aliphatic carbocycles. The van der Waals surface area contributed by atoms with Gasteiger partial charge < -0.3 is 0 Å². The van der Waals surface area contributed by atoms with E-state index in [1.54, 1.807) is 0 Å². The third-order valence-corrected chi connectivity index (χ3v) is 1.93. The maximum atomic E-state index is 2.33. The molecule has 0 heterocycles. The fraction of sp³-hybridized carbons (Fsp3) is 0.857. The van der Waals surface area contributed by atoms with Crippen molar-refractivity contribution in [3.05, 3.63) is 6.42 Å². The summed E-state index contributed by atoms with van der Waals surface area (Å²) in [5.41, 5.74) is 0. The minimum Gasteiger partial charge on any atom is -0.0649 e. The van der Waals surface area contributed by atoms with E-state index in [9.17, 15) is 0 Å². The van der Waals surface area contributed by atoms with Crippen LogP contribution in [0.1, 0.15) is 26.7 Å². The van der Waals surface area contributed by atoms with E-state index in [0.29, 0.717) is 0 Å². The van der Waals surface area contributed by atoms with E-state index in [1.165, 1.54) is 12.8 Å². The number of rotatable bonds is 2. The molecule has 0 aromatic rings. The minimum atomic E-state index is 0.991. The summed E-state index contributed by atoms with van der Waals surface area (Å²) in [6.07, 6.45) is 5.18. The summed E-state index contributed by atoms with van der Waals surface area (Å²) >= 11 is 0. The zero-order chi connectivity index (χ0) is 5.28. The van der Waals surface area contributed by atoms with Crippen LogP contribution in [0.3, 0.4) is 0 Å². The molecule has 0 N–H and O–H groups in total. The Morgan fingerprint density at radius 2 is 2.43 bits per heavy atom. The van der Waals surface area contributed by atoms with Gasteiger partial charge in [0.25, 0.3) is 0 Å². The first-order valence-corrected chi connectivity index (χ1v) is 3.18. The van der Waals surface area contributed by atoms with Crippen LogP contribution in [0.15, 0.2) is 0 Å². The molecular weight excluding hydrogens is 84.1 g/mol. The van der Waals surface area contributed by atoms with Gasteiger partial charge in [-0.25, -0.2) is 0 Å². The lowest BCUT2D eigenvalue weighted by molar-refractivity contribution is 0.734. The van der Waals surface area contributed by atoms with E-state index in [-0.39, 0.29) is 0 Å². The van der Waals surface area contributed by atoms with Crippen LogP contribution in [0.25, 0.3) is 0 Å². The van der Waals surface area contributed by atoms with Gasteiger partial charge in [0.1, 0.15) is 5.92 Å². The molecule has 1 aliphatic rings. The Kier molecular flexibility index (Phi) is 1.27. The second kappa shape index (κ2) is 1.77. The molecule has 0 spiro atoms. The fourth-order valence-corrected chi connectivity index (χ4v) is 1.15. The molecule has 2 atom stereocenters.